The first-order valence-electron chi connectivity index (χ1n) is 10.6. The summed E-state index contributed by atoms with van der Waals surface area (Å²) in [6, 6.07) is 8.98. The van der Waals surface area contributed by atoms with E-state index in [9.17, 15) is 9.59 Å². The molecule has 1 heterocycles. The number of nitrogens with zero attached hydrogens (tertiary/aromatic N) is 3. The molecule has 10 heteroatoms. The molecule has 34 heavy (non-hydrogen) atoms. The first-order chi connectivity index (χ1) is 16.2. The van der Waals surface area contributed by atoms with Crippen LogP contribution in [0.2, 0.25) is 0 Å². The molecule has 0 N–H and O–H groups in total. The van der Waals surface area contributed by atoms with Crippen molar-refractivity contribution < 1.29 is 19.0 Å². The minimum Gasteiger partial charge on any atom is -0.493 e. The summed E-state index contributed by atoms with van der Waals surface area (Å²) in [6.07, 6.45) is 1.59. The summed E-state index contributed by atoms with van der Waals surface area (Å²) in [7, 11) is 2.82. The number of hydrogen-bond donors (Lipinski definition) is 0. The fourth-order valence-electron chi connectivity index (χ4n) is 3.22. The molecule has 8 nitrogen and oxygen atoms in total. The second-order valence-electron chi connectivity index (χ2n) is 7.62. The molecule has 0 bridgehead atoms. The smallest absolute Gasteiger partial charge is 0.346 e. The van der Waals surface area contributed by atoms with E-state index >= 15 is 0 Å². The van der Waals surface area contributed by atoms with Gasteiger partial charge < -0.3 is 14.2 Å². The van der Waals surface area contributed by atoms with Gasteiger partial charge in [0.25, 0.3) is 5.56 Å². The Balaban J connectivity index is 2.07. The lowest BCUT2D eigenvalue weighted by Crippen LogP contribution is -2.25. The topological polar surface area (TPSA) is 92.0 Å². The van der Waals surface area contributed by atoms with Crippen LogP contribution in [-0.4, -0.2) is 42.2 Å². The van der Waals surface area contributed by atoms with E-state index in [1.165, 1.54) is 18.9 Å². The Morgan fingerprint density at radius 3 is 2.65 bits per heavy atom. The lowest BCUT2D eigenvalue weighted by atomic mass is 10.1. The van der Waals surface area contributed by atoms with Crippen LogP contribution in [0.25, 0.3) is 10.9 Å². The molecule has 2 aromatic carbocycles. The predicted molar refractivity (Wildman–Crippen MR) is 143 cm³/mol. The maximum absolute atomic E-state index is 13.3. The molecule has 0 aliphatic heterocycles. The van der Waals surface area contributed by atoms with Crippen LogP contribution in [0.5, 0.6) is 11.5 Å². The number of aromatic nitrogens is 2. The molecule has 0 spiro atoms. The number of carbonyl (C=O) groups is 1. The third-order valence-corrected chi connectivity index (χ3v) is 6.58. The van der Waals surface area contributed by atoms with Crippen molar-refractivity contribution in [3.63, 3.8) is 0 Å². The van der Waals surface area contributed by atoms with Gasteiger partial charge in [-0.1, -0.05) is 29.8 Å². The van der Waals surface area contributed by atoms with E-state index < -0.39 is 12.1 Å². The fourth-order valence-corrected chi connectivity index (χ4v) is 4.34. The Morgan fingerprint density at radius 2 is 2.00 bits per heavy atom. The minimum atomic E-state index is -0.799. The highest BCUT2D eigenvalue weighted by atomic mass is 127. The van der Waals surface area contributed by atoms with Gasteiger partial charge in [-0.25, -0.2) is 9.78 Å². The zero-order valence-corrected chi connectivity index (χ0v) is 23.2. The number of esters is 1. The zero-order valence-electron chi connectivity index (χ0n) is 19.5. The first kappa shape index (κ1) is 26.1. The Hall–Kier alpha value is -2.47. The number of fused-ring (bicyclic) bond motifs is 1. The van der Waals surface area contributed by atoms with Gasteiger partial charge in [-0.3, -0.25) is 4.79 Å². The van der Waals surface area contributed by atoms with Crippen molar-refractivity contribution in [1.29, 1.82) is 0 Å². The summed E-state index contributed by atoms with van der Waals surface area (Å²) in [4.78, 5) is 29.8. The largest absolute Gasteiger partial charge is 0.493 e. The SMILES string of the molecule is CC[C@H](C)c1nc2ccc(Br)cc2c(=O)n1N=Cc1cc(I)c(O[C@@H](C)C(=O)OC)c(OC)c1. The van der Waals surface area contributed by atoms with E-state index in [1.807, 2.05) is 32.0 Å². The maximum atomic E-state index is 13.3. The molecule has 1 aromatic heterocycles. The molecular weight excluding hydrogens is 617 g/mol. The van der Waals surface area contributed by atoms with Gasteiger partial charge in [0.15, 0.2) is 17.6 Å². The summed E-state index contributed by atoms with van der Waals surface area (Å²) in [5.74, 6) is 0.984. The van der Waals surface area contributed by atoms with Crippen molar-refractivity contribution in [2.75, 3.05) is 14.2 Å². The lowest BCUT2D eigenvalue weighted by molar-refractivity contribution is -0.147. The predicted octanol–water partition coefficient (Wildman–Crippen LogP) is 5.11. The van der Waals surface area contributed by atoms with Gasteiger partial charge in [-0.05, 0) is 71.8 Å². The third-order valence-electron chi connectivity index (χ3n) is 5.29. The number of ether oxygens (including phenoxy) is 3. The van der Waals surface area contributed by atoms with Gasteiger partial charge in [0.05, 0.1) is 34.9 Å². The van der Waals surface area contributed by atoms with Crippen molar-refractivity contribution in [3.8, 4) is 11.5 Å². The molecule has 0 aliphatic rings. The van der Waals surface area contributed by atoms with Gasteiger partial charge in [-0.2, -0.15) is 9.78 Å². The average molecular weight is 642 g/mol. The van der Waals surface area contributed by atoms with Crippen molar-refractivity contribution in [3.05, 3.63) is 60.1 Å². The Labute approximate surface area is 219 Å². The van der Waals surface area contributed by atoms with Crippen LogP contribution in [0.15, 0.2) is 44.7 Å². The average Bonchev–Trinajstić information content (AvgIpc) is 2.83. The molecule has 0 unspecified atom stereocenters. The van der Waals surface area contributed by atoms with Crippen LogP contribution in [0.3, 0.4) is 0 Å². The number of rotatable bonds is 8. The maximum Gasteiger partial charge on any atom is 0.346 e. The summed E-state index contributed by atoms with van der Waals surface area (Å²) < 4.78 is 18.8. The van der Waals surface area contributed by atoms with Gasteiger partial charge in [0, 0.05) is 10.4 Å². The van der Waals surface area contributed by atoms with Crippen LogP contribution < -0.4 is 15.0 Å². The number of halogens is 2. The lowest BCUT2D eigenvalue weighted by Gasteiger charge is -2.17. The van der Waals surface area contributed by atoms with E-state index in [0.29, 0.717) is 37.4 Å². The second-order valence-corrected chi connectivity index (χ2v) is 9.70. The van der Waals surface area contributed by atoms with Crippen molar-refractivity contribution in [1.82, 2.24) is 9.66 Å². The van der Waals surface area contributed by atoms with Gasteiger partial charge in [0.2, 0.25) is 0 Å². The highest BCUT2D eigenvalue weighted by Gasteiger charge is 2.20. The molecule has 0 radical (unpaired) electrons. The van der Waals surface area contributed by atoms with Gasteiger partial charge >= 0.3 is 5.97 Å². The summed E-state index contributed by atoms with van der Waals surface area (Å²) in [5, 5.41) is 4.98. The van der Waals surface area contributed by atoms with Crippen LogP contribution in [0.4, 0.5) is 0 Å². The molecular formula is C24H25BrIN3O5. The second kappa shape index (κ2) is 11.3. The zero-order chi connectivity index (χ0) is 25.0. The molecule has 3 aromatic rings. The minimum absolute atomic E-state index is 0.0307. The van der Waals surface area contributed by atoms with Gasteiger partial charge in [-0.15, -0.1) is 0 Å². The Bertz CT molecular complexity index is 1310. The molecule has 0 aliphatic carbocycles. The normalized spacial score (nSPS) is 13.1. The van der Waals surface area contributed by atoms with Crippen LogP contribution in [0, 0.1) is 3.57 Å². The third kappa shape index (κ3) is 5.60. The van der Waals surface area contributed by atoms with Crippen molar-refractivity contribution in [2.45, 2.75) is 39.2 Å². The number of methoxy groups -OCH3 is 2. The molecule has 0 saturated heterocycles. The first-order valence-corrected chi connectivity index (χ1v) is 12.5. The van der Waals surface area contributed by atoms with E-state index in [2.05, 4.69) is 43.6 Å². The Kier molecular flexibility index (Phi) is 8.69. The Morgan fingerprint density at radius 1 is 1.26 bits per heavy atom. The summed E-state index contributed by atoms with van der Waals surface area (Å²) in [6.45, 7) is 5.65. The summed E-state index contributed by atoms with van der Waals surface area (Å²) in [5.41, 5.74) is 1.08. The standard InChI is InChI=1S/C24H25BrIN3O5/c1-6-13(2)22-28-19-8-7-16(25)11-17(19)23(30)29(22)27-12-15-9-18(26)21(20(10-15)32-4)34-14(3)24(31)33-5/h7-14H,6H2,1-5H3/t13-,14-/m0/s1. The number of hydrogen-bond acceptors (Lipinski definition) is 7. The molecule has 0 saturated carbocycles. The van der Waals surface area contributed by atoms with E-state index in [4.69, 9.17) is 19.2 Å². The molecule has 3 rings (SSSR count). The summed E-state index contributed by atoms with van der Waals surface area (Å²) >= 11 is 5.52. The number of benzene rings is 2. The van der Waals surface area contributed by atoms with Crippen LogP contribution in [-0.2, 0) is 9.53 Å². The number of carbonyl (C=O) groups excluding carboxylic acids is 1. The monoisotopic (exact) mass is 641 g/mol. The molecule has 0 amide bonds. The highest BCUT2D eigenvalue weighted by Crippen LogP contribution is 2.34. The van der Waals surface area contributed by atoms with Gasteiger partial charge in [0.1, 0.15) is 5.82 Å². The fraction of sp³-hybridized carbons (Fsp3) is 0.333. The van der Waals surface area contributed by atoms with Crippen LogP contribution in [0.1, 0.15) is 44.5 Å². The quantitative estimate of drug-likeness (QED) is 0.193. The van der Waals surface area contributed by atoms with E-state index in [-0.39, 0.29) is 11.5 Å². The highest BCUT2D eigenvalue weighted by molar-refractivity contribution is 14.1. The van der Waals surface area contributed by atoms with E-state index in [1.54, 1.807) is 25.3 Å². The molecule has 180 valence electrons. The van der Waals surface area contributed by atoms with Crippen molar-refractivity contribution in [2.24, 2.45) is 5.10 Å². The molecule has 2 atom stereocenters. The van der Waals surface area contributed by atoms with Crippen molar-refractivity contribution >= 4 is 61.6 Å². The van der Waals surface area contributed by atoms with E-state index in [0.717, 1.165) is 10.9 Å². The molecule has 0 fully saturated rings. The van der Waals surface area contributed by atoms with Crippen LogP contribution >= 0.6 is 38.5 Å².